The molecule has 1 aliphatic heterocycles. The third kappa shape index (κ3) is 5.04. The molecule has 1 saturated heterocycles. The Hall–Kier alpha value is -4.26. The number of alkyl halides is 3. The van der Waals surface area contributed by atoms with E-state index < -0.39 is 18.3 Å². The lowest BCUT2D eigenvalue weighted by molar-refractivity contribution is -0.138. The van der Waals surface area contributed by atoms with Crippen LogP contribution in [0.1, 0.15) is 23.9 Å². The number of hydrogen-bond acceptors (Lipinski definition) is 7. The van der Waals surface area contributed by atoms with Crippen molar-refractivity contribution in [1.29, 1.82) is 0 Å². The van der Waals surface area contributed by atoms with Crippen molar-refractivity contribution in [1.82, 2.24) is 29.2 Å². The highest BCUT2D eigenvalue weighted by Crippen LogP contribution is 2.32. The number of piperazine rings is 1. The van der Waals surface area contributed by atoms with Crippen LogP contribution in [0, 0.1) is 6.92 Å². The zero-order valence-electron chi connectivity index (χ0n) is 22.2. The number of pyridine rings is 1. The second kappa shape index (κ2) is 10.4. The van der Waals surface area contributed by atoms with Crippen molar-refractivity contribution in [2.24, 2.45) is 7.05 Å². The molecule has 0 spiro atoms. The molecule has 0 aliphatic carbocycles. The molecule has 0 bridgehead atoms. The zero-order valence-corrected chi connectivity index (χ0v) is 22.2. The average Bonchev–Trinajstić information content (AvgIpc) is 3.16. The van der Waals surface area contributed by atoms with E-state index in [1.54, 1.807) is 42.4 Å². The molecular weight excluding hydrogens is 527 g/mol. The van der Waals surface area contributed by atoms with E-state index in [1.807, 2.05) is 11.8 Å². The van der Waals surface area contributed by atoms with E-state index in [9.17, 15) is 22.8 Å². The van der Waals surface area contributed by atoms with Gasteiger partial charge in [0.05, 0.1) is 28.7 Å². The minimum atomic E-state index is -4.58. The molecule has 1 atom stereocenters. The van der Waals surface area contributed by atoms with Crippen molar-refractivity contribution in [3.05, 3.63) is 70.0 Å². The van der Waals surface area contributed by atoms with Crippen molar-refractivity contribution in [2.75, 3.05) is 31.1 Å². The predicted molar refractivity (Wildman–Crippen MR) is 142 cm³/mol. The second-order valence-corrected chi connectivity index (χ2v) is 9.88. The fraction of sp³-hybridized carbons (Fsp3) is 0.370. The average molecular weight is 556 g/mol. The molecule has 1 aliphatic rings. The van der Waals surface area contributed by atoms with Crippen molar-refractivity contribution < 1.29 is 23.1 Å². The van der Waals surface area contributed by atoms with E-state index in [-0.39, 0.29) is 29.7 Å². The predicted octanol–water partition coefficient (Wildman–Crippen LogP) is 2.60. The SMILES string of the molecule is Cc1ccc(C(F)(F)F)c(Cn2c3cc(-c4cnc(N5CCN(C(=O)CO)CC5C)nc4)ccc3c(=O)n2C)n1. The van der Waals surface area contributed by atoms with Gasteiger partial charge >= 0.3 is 6.18 Å². The fourth-order valence-electron chi connectivity index (χ4n) is 5.07. The Balaban J connectivity index is 1.46. The summed E-state index contributed by atoms with van der Waals surface area (Å²) in [6.07, 6.45) is -1.28. The summed E-state index contributed by atoms with van der Waals surface area (Å²) in [5.74, 6) is 0.181. The molecule has 1 fully saturated rings. The third-order valence-electron chi connectivity index (χ3n) is 7.22. The highest BCUT2D eigenvalue weighted by atomic mass is 19.4. The maximum Gasteiger partial charge on any atom is 0.418 e. The van der Waals surface area contributed by atoms with Crippen molar-refractivity contribution in [3.8, 4) is 11.1 Å². The lowest BCUT2D eigenvalue weighted by Crippen LogP contribution is -2.54. The molecule has 210 valence electrons. The number of aliphatic hydroxyl groups is 1. The number of halogens is 3. The molecule has 10 nitrogen and oxygen atoms in total. The number of anilines is 1. The fourth-order valence-corrected chi connectivity index (χ4v) is 5.07. The first-order chi connectivity index (χ1) is 19.0. The number of aliphatic hydroxyl groups excluding tert-OH is 1. The standard InChI is InChI=1S/C27H28F3N7O3/c1-16-4-7-21(27(28,29)30)22(33-16)14-37-23-10-18(5-6-20(23)25(40)34(37)3)19-11-31-26(32-12-19)36-9-8-35(13-17(36)2)24(39)15-38/h4-7,10-12,17,38H,8-9,13-15H2,1-3H3. The van der Waals surface area contributed by atoms with Crippen LogP contribution in [0.3, 0.4) is 0 Å². The molecule has 1 unspecified atom stereocenters. The van der Waals surface area contributed by atoms with Crippen LogP contribution < -0.4 is 10.5 Å². The van der Waals surface area contributed by atoms with Crippen LogP contribution in [0.15, 0.2) is 47.5 Å². The Labute approximate surface area is 227 Å². The van der Waals surface area contributed by atoms with E-state index in [4.69, 9.17) is 5.11 Å². The van der Waals surface area contributed by atoms with Gasteiger partial charge in [-0.1, -0.05) is 6.07 Å². The first-order valence-electron chi connectivity index (χ1n) is 12.7. The summed E-state index contributed by atoms with van der Waals surface area (Å²) in [4.78, 5) is 41.5. The highest BCUT2D eigenvalue weighted by Gasteiger charge is 2.34. The summed E-state index contributed by atoms with van der Waals surface area (Å²) < 4.78 is 43.8. The molecular formula is C27H28F3N7O3. The molecule has 1 aromatic carbocycles. The molecule has 13 heteroatoms. The molecule has 3 aromatic heterocycles. The van der Waals surface area contributed by atoms with Crippen LogP contribution in [0.2, 0.25) is 0 Å². The van der Waals surface area contributed by atoms with Gasteiger partial charge in [-0.25, -0.2) is 9.97 Å². The van der Waals surface area contributed by atoms with Gasteiger partial charge in [0.1, 0.15) is 6.61 Å². The number of nitrogens with zero attached hydrogens (tertiary/aromatic N) is 7. The molecule has 1 N–H and O–H groups in total. The Morgan fingerprint density at radius 2 is 1.82 bits per heavy atom. The number of rotatable bonds is 5. The summed E-state index contributed by atoms with van der Waals surface area (Å²) in [5.41, 5.74) is 0.915. The van der Waals surface area contributed by atoms with Gasteiger partial charge in [-0.15, -0.1) is 0 Å². The number of carbonyl (C=O) groups excluding carboxylic acids is 1. The minimum Gasteiger partial charge on any atom is -0.387 e. The Morgan fingerprint density at radius 3 is 2.48 bits per heavy atom. The normalized spacial score (nSPS) is 16.1. The molecule has 40 heavy (non-hydrogen) atoms. The van der Waals surface area contributed by atoms with Crippen LogP contribution >= 0.6 is 0 Å². The second-order valence-electron chi connectivity index (χ2n) is 9.88. The number of carbonyl (C=O) groups is 1. The number of aromatic nitrogens is 5. The summed E-state index contributed by atoms with van der Waals surface area (Å²) in [6.45, 7) is 4.20. The minimum absolute atomic E-state index is 0.0537. The summed E-state index contributed by atoms with van der Waals surface area (Å²) >= 11 is 0. The van der Waals surface area contributed by atoms with Gasteiger partial charge in [-0.3, -0.25) is 23.9 Å². The topological polar surface area (TPSA) is 109 Å². The monoisotopic (exact) mass is 555 g/mol. The van der Waals surface area contributed by atoms with Gasteiger partial charge in [0.15, 0.2) is 0 Å². The van der Waals surface area contributed by atoms with Gasteiger partial charge in [0.25, 0.3) is 5.56 Å². The number of aryl methyl sites for hydroxylation is 1. The van der Waals surface area contributed by atoms with Crippen LogP contribution in [-0.4, -0.2) is 72.5 Å². The van der Waals surface area contributed by atoms with Crippen molar-refractivity contribution in [2.45, 2.75) is 32.6 Å². The maximum absolute atomic E-state index is 13.7. The number of amides is 1. The summed E-state index contributed by atoms with van der Waals surface area (Å²) in [5, 5.41) is 9.50. The number of hydrogen-bond donors (Lipinski definition) is 1. The Morgan fingerprint density at radius 1 is 1.10 bits per heavy atom. The van der Waals surface area contributed by atoms with Crippen LogP contribution in [-0.2, 0) is 24.6 Å². The van der Waals surface area contributed by atoms with E-state index >= 15 is 0 Å². The largest absolute Gasteiger partial charge is 0.418 e. The van der Waals surface area contributed by atoms with Crippen LogP contribution in [0.4, 0.5) is 19.1 Å². The molecule has 4 heterocycles. The maximum atomic E-state index is 13.7. The van der Waals surface area contributed by atoms with E-state index in [0.29, 0.717) is 53.3 Å². The summed E-state index contributed by atoms with van der Waals surface area (Å²) in [7, 11) is 1.51. The number of fused-ring (bicyclic) bond motifs is 1. The smallest absolute Gasteiger partial charge is 0.387 e. The first kappa shape index (κ1) is 27.3. The van der Waals surface area contributed by atoms with Gasteiger partial charge in [-0.2, -0.15) is 13.2 Å². The van der Waals surface area contributed by atoms with Gasteiger partial charge in [0.2, 0.25) is 11.9 Å². The van der Waals surface area contributed by atoms with Gasteiger partial charge < -0.3 is 14.9 Å². The molecule has 1 amide bonds. The summed E-state index contributed by atoms with van der Waals surface area (Å²) in [6, 6.07) is 7.40. The Bertz CT molecular complexity index is 1630. The Kier molecular flexibility index (Phi) is 7.08. The molecule has 4 aromatic rings. The van der Waals surface area contributed by atoms with Crippen molar-refractivity contribution in [3.63, 3.8) is 0 Å². The van der Waals surface area contributed by atoms with Crippen LogP contribution in [0.25, 0.3) is 22.0 Å². The van der Waals surface area contributed by atoms with Crippen molar-refractivity contribution >= 4 is 22.8 Å². The molecule has 5 rings (SSSR count). The lowest BCUT2D eigenvalue weighted by atomic mass is 10.1. The lowest BCUT2D eigenvalue weighted by Gasteiger charge is -2.39. The van der Waals surface area contributed by atoms with E-state index in [2.05, 4.69) is 15.0 Å². The first-order valence-corrected chi connectivity index (χ1v) is 12.7. The molecule has 0 radical (unpaired) electrons. The number of benzene rings is 1. The molecule has 0 saturated carbocycles. The third-order valence-corrected chi connectivity index (χ3v) is 7.22. The quantitative estimate of drug-likeness (QED) is 0.403. The van der Waals surface area contributed by atoms with Crippen LogP contribution in [0.5, 0.6) is 0 Å². The van der Waals surface area contributed by atoms with Gasteiger partial charge in [0, 0.05) is 56.4 Å². The highest BCUT2D eigenvalue weighted by molar-refractivity contribution is 5.84. The van der Waals surface area contributed by atoms with E-state index in [0.717, 1.165) is 6.07 Å². The van der Waals surface area contributed by atoms with E-state index in [1.165, 1.54) is 22.5 Å². The van der Waals surface area contributed by atoms with Gasteiger partial charge in [-0.05, 0) is 43.7 Å². The zero-order chi connectivity index (χ0) is 28.8.